The molecule has 0 fully saturated rings. The summed E-state index contributed by atoms with van der Waals surface area (Å²) in [4.78, 5) is 14.9. The molecule has 18 heavy (non-hydrogen) atoms. The highest BCUT2D eigenvalue weighted by atomic mass is 14.9. The normalized spacial score (nSPS) is 13.0. The Morgan fingerprint density at radius 1 is 1.33 bits per heavy atom. The Morgan fingerprint density at radius 3 is 3.06 bits per heavy atom. The highest BCUT2D eigenvalue weighted by Crippen LogP contribution is 2.21. The summed E-state index contributed by atoms with van der Waals surface area (Å²) in [6.07, 6.45) is 4.30. The minimum atomic E-state index is 0.110. The molecule has 3 aromatic rings. The van der Waals surface area contributed by atoms with E-state index in [4.69, 9.17) is 5.73 Å². The molecule has 0 amide bonds. The van der Waals surface area contributed by atoms with Gasteiger partial charge in [0.15, 0.2) is 0 Å². The number of rotatable bonds is 3. The highest BCUT2D eigenvalue weighted by Gasteiger charge is 2.06. The van der Waals surface area contributed by atoms with Crippen molar-refractivity contribution < 1.29 is 0 Å². The molecule has 0 aliphatic rings. The second kappa shape index (κ2) is 4.27. The lowest BCUT2D eigenvalue weighted by Gasteiger charge is -2.01. The number of aromatic nitrogens is 4. The third-order valence-electron chi connectivity index (χ3n) is 2.88. The molecule has 0 bridgehead atoms. The fraction of sp³-hybridized carbons (Fsp3) is 0.231. The molecule has 2 heterocycles. The Bertz CT molecular complexity index is 665. The maximum absolute atomic E-state index is 5.76. The third-order valence-corrected chi connectivity index (χ3v) is 2.88. The van der Waals surface area contributed by atoms with Gasteiger partial charge in [0.05, 0.1) is 29.3 Å². The summed E-state index contributed by atoms with van der Waals surface area (Å²) in [6.45, 7) is 1.97. The van der Waals surface area contributed by atoms with Gasteiger partial charge in [0.2, 0.25) is 0 Å². The first kappa shape index (κ1) is 11.0. The second-order valence-corrected chi connectivity index (χ2v) is 4.56. The summed E-state index contributed by atoms with van der Waals surface area (Å²) >= 11 is 0. The zero-order valence-corrected chi connectivity index (χ0v) is 10.1. The van der Waals surface area contributed by atoms with Crippen LogP contribution in [0.2, 0.25) is 0 Å². The van der Waals surface area contributed by atoms with Crippen LogP contribution in [-0.2, 0) is 6.42 Å². The van der Waals surface area contributed by atoms with Crippen LogP contribution in [0, 0.1) is 0 Å². The zero-order chi connectivity index (χ0) is 12.5. The minimum absolute atomic E-state index is 0.110. The zero-order valence-electron chi connectivity index (χ0n) is 10.1. The van der Waals surface area contributed by atoms with Gasteiger partial charge in [-0.2, -0.15) is 0 Å². The number of nitrogens with one attached hydrogen (secondary N) is 2. The number of nitrogens with zero attached hydrogens (tertiary/aromatic N) is 2. The van der Waals surface area contributed by atoms with E-state index in [2.05, 4.69) is 26.0 Å². The molecule has 5 heteroatoms. The van der Waals surface area contributed by atoms with E-state index < -0.39 is 0 Å². The van der Waals surface area contributed by atoms with Gasteiger partial charge >= 0.3 is 0 Å². The van der Waals surface area contributed by atoms with Gasteiger partial charge in [-0.15, -0.1) is 0 Å². The summed E-state index contributed by atoms with van der Waals surface area (Å²) in [5, 5.41) is 0. The number of H-pyrrole nitrogens is 2. The lowest BCUT2D eigenvalue weighted by molar-refractivity contribution is 0.710. The van der Waals surface area contributed by atoms with Gasteiger partial charge in [0, 0.05) is 18.0 Å². The molecule has 0 saturated carbocycles. The van der Waals surface area contributed by atoms with Gasteiger partial charge in [0.1, 0.15) is 5.82 Å². The van der Waals surface area contributed by atoms with Gasteiger partial charge in [-0.3, -0.25) is 0 Å². The van der Waals surface area contributed by atoms with E-state index >= 15 is 0 Å². The summed E-state index contributed by atoms with van der Waals surface area (Å²) in [5.41, 5.74) is 9.85. The number of imidazole rings is 2. The van der Waals surface area contributed by atoms with Crippen LogP contribution < -0.4 is 5.73 Å². The van der Waals surface area contributed by atoms with Gasteiger partial charge in [-0.25, -0.2) is 9.97 Å². The largest absolute Gasteiger partial charge is 0.345 e. The van der Waals surface area contributed by atoms with E-state index in [1.54, 1.807) is 6.33 Å². The minimum Gasteiger partial charge on any atom is -0.345 e. The number of hydrogen-bond donors (Lipinski definition) is 3. The molecule has 5 nitrogen and oxygen atoms in total. The molecular formula is C13H15N5. The molecule has 0 radical (unpaired) electrons. The molecule has 3 rings (SSSR count). The van der Waals surface area contributed by atoms with Crippen molar-refractivity contribution >= 4 is 11.0 Å². The van der Waals surface area contributed by atoms with Crippen molar-refractivity contribution in [2.24, 2.45) is 5.73 Å². The average molecular weight is 241 g/mol. The van der Waals surface area contributed by atoms with E-state index in [0.29, 0.717) is 0 Å². The van der Waals surface area contributed by atoms with E-state index in [-0.39, 0.29) is 6.04 Å². The van der Waals surface area contributed by atoms with Crippen LogP contribution in [0.25, 0.3) is 22.3 Å². The predicted octanol–water partition coefficient (Wildman–Crippen LogP) is 1.84. The number of benzene rings is 1. The fourth-order valence-electron chi connectivity index (χ4n) is 2.02. The highest BCUT2D eigenvalue weighted by molar-refractivity contribution is 5.80. The van der Waals surface area contributed by atoms with Crippen LogP contribution in [0.4, 0.5) is 0 Å². The summed E-state index contributed by atoms with van der Waals surface area (Å²) in [5.74, 6) is 0.921. The molecule has 0 spiro atoms. The van der Waals surface area contributed by atoms with Crippen molar-refractivity contribution in [3.63, 3.8) is 0 Å². The Balaban J connectivity index is 1.95. The Labute approximate surface area is 104 Å². The van der Waals surface area contributed by atoms with Crippen LogP contribution >= 0.6 is 0 Å². The van der Waals surface area contributed by atoms with Gasteiger partial charge in [-0.1, -0.05) is 6.07 Å². The molecule has 1 aromatic carbocycles. The summed E-state index contributed by atoms with van der Waals surface area (Å²) in [7, 11) is 0. The van der Waals surface area contributed by atoms with E-state index in [9.17, 15) is 0 Å². The van der Waals surface area contributed by atoms with E-state index in [1.165, 1.54) is 0 Å². The standard InChI is InChI=1S/C13H15N5/c1-8(14)4-13-15-6-12(18-13)9-2-3-10-11(5-9)17-7-16-10/h2-3,5-8H,4,14H2,1H3,(H,15,18)(H,16,17). The van der Waals surface area contributed by atoms with Crippen molar-refractivity contribution in [1.29, 1.82) is 0 Å². The van der Waals surface area contributed by atoms with Crippen LogP contribution in [0.5, 0.6) is 0 Å². The number of aromatic amines is 2. The lowest BCUT2D eigenvalue weighted by Crippen LogP contribution is -2.18. The van der Waals surface area contributed by atoms with E-state index in [1.807, 2.05) is 25.3 Å². The number of nitrogens with two attached hydrogens (primary N) is 1. The topological polar surface area (TPSA) is 83.4 Å². The number of hydrogen-bond acceptors (Lipinski definition) is 3. The first-order valence-corrected chi connectivity index (χ1v) is 5.95. The van der Waals surface area contributed by atoms with Crippen molar-refractivity contribution in [2.45, 2.75) is 19.4 Å². The van der Waals surface area contributed by atoms with Crippen LogP contribution in [0.3, 0.4) is 0 Å². The maximum atomic E-state index is 5.76. The number of fused-ring (bicyclic) bond motifs is 1. The predicted molar refractivity (Wildman–Crippen MR) is 71.0 cm³/mol. The van der Waals surface area contributed by atoms with Crippen LogP contribution in [0.1, 0.15) is 12.7 Å². The second-order valence-electron chi connectivity index (χ2n) is 4.56. The molecule has 4 N–H and O–H groups in total. The first-order valence-electron chi connectivity index (χ1n) is 5.95. The monoisotopic (exact) mass is 241 g/mol. The molecule has 2 aromatic heterocycles. The molecule has 0 aliphatic heterocycles. The van der Waals surface area contributed by atoms with Gasteiger partial charge in [-0.05, 0) is 19.1 Å². The molecule has 0 aliphatic carbocycles. The smallest absolute Gasteiger partial charge is 0.108 e. The average Bonchev–Trinajstić information content (AvgIpc) is 2.95. The van der Waals surface area contributed by atoms with Gasteiger partial charge < -0.3 is 15.7 Å². The third kappa shape index (κ3) is 2.00. The molecule has 1 atom stereocenters. The molecule has 0 saturated heterocycles. The quantitative estimate of drug-likeness (QED) is 0.654. The molecule has 1 unspecified atom stereocenters. The Kier molecular flexibility index (Phi) is 2.60. The maximum Gasteiger partial charge on any atom is 0.108 e. The molecule has 92 valence electrons. The fourth-order valence-corrected chi connectivity index (χ4v) is 2.02. The SMILES string of the molecule is CC(N)Cc1ncc(-c2ccc3nc[nH]c3c2)[nH]1. The van der Waals surface area contributed by atoms with Gasteiger partial charge in [0.25, 0.3) is 0 Å². The van der Waals surface area contributed by atoms with E-state index in [0.717, 1.165) is 34.5 Å². The molecular weight excluding hydrogens is 226 g/mol. The summed E-state index contributed by atoms with van der Waals surface area (Å²) in [6, 6.07) is 6.20. The Morgan fingerprint density at radius 2 is 2.22 bits per heavy atom. The van der Waals surface area contributed by atoms with Crippen molar-refractivity contribution in [1.82, 2.24) is 19.9 Å². The summed E-state index contributed by atoms with van der Waals surface area (Å²) < 4.78 is 0. The van der Waals surface area contributed by atoms with Crippen molar-refractivity contribution in [3.05, 3.63) is 36.5 Å². The van der Waals surface area contributed by atoms with Crippen molar-refractivity contribution in [2.75, 3.05) is 0 Å². The van der Waals surface area contributed by atoms with Crippen molar-refractivity contribution in [3.8, 4) is 11.3 Å². The van der Waals surface area contributed by atoms with Crippen LogP contribution in [-0.4, -0.2) is 26.0 Å². The van der Waals surface area contributed by atoms with Crippen LogP contribution in [0.15, 0.2) is 30.7 Å². The lowest BCUT2D eigenvalue weighted by atomic mass is 10.1. The Hall–Kier alpha value is -2.14. The first-order chi connectivity index (χ1) is 8.72.